The molecule has 5 aromatic rings. The molecular weight excluding hydrogens is 572 g/mol. The van der Waals surface area contributed by atoms with Crippen LogP contribution in [0.2, 0.25) is 0 Å². The zero-order valence-electron chi connectivity index (χ0n) is 27.1. The number of anilines is 4. The minimum atomic E-state index is -0.375. The molecule has 1 atom stereocenters. The predicted octanol–water partition coefficient (Wildman–Crippen LogP) is 9.72. The predicted molar refractivity (Wildman–Crippen MR) is 186 cm³/mol. The Balaban J connectivity index is 1.60. The first kappa shape index (κ1) is 30.8. The molecule has 0 aromatic heterocycles. The van der Waals surface area contributed by atoms with E-state index in [0.717, 1.165) is 58.3 Å². The molecule has 0 bridgehead atoms. The molecule has 6 heteroatoms. The van der Waals surface area contributed by atoms with E-state index in [1.165, 1.54) is 7.11 Å². The number of carbonyl (C=O) groups excluding carboxylic acids is 1. The van der Waals surface area contributed by atoms with Crippen LogP contribution in [0.15, 0.2) is 115 Å². The van der Waals surface area contributed by atoms with Crippen LogP contribution < -0.4 is 19.3 Å². The molecule has 0 aliphatic carbocycles. The summed E-state index contributed by atoms with van der Waals surface area (Å²) in [6, 6.07) is 38.7. The first-order valence-electron chi connectivity index (χ1n) is 15.8. The summed E-state index contributed by atoms with van der Waals surface area (Å²) in [5.74, 6) is 1.94. The lowest BCUT2D eigenvalue weighted by atomic mass is 9.80. The number of ether oxygens (including phenoxy) is 3. The summed E-state index contributed by atoms with van der Waals surface area (Å²) in [5.41, 5.74) is 7.22. The molecule has 1 aliphatic heterocycles. The van der Waals surface area contributed by atoms with Gasteiger partial charge in [0.25, 0.3) is 0 Å². The number of nitrogens with zero attached hydrogens (tertiary/aromatic N) is 2. The van der Waals surface area contributed by atoms with Gasteiger partial charge < -0.3 is 24.0 Å². The normalized spacial score (nSPS) is 13.3. The molecule has 0 saturated carbocycles. The number of methoxy groups -OCH3 is 2. The second-order valence-corrected chi connectivity index (χ2v) is 11.8. The lowest BCUT2D eigenvalue weighted by Gasteiger charge is -2.34. The van der Waals surface area contributed by atoms with Gasteiger partial charge in [0.2, 0.25) is 0 Å². The first-order chi connectivity index (χ1) is 22.4. The third kappa shape index (κ3) is 5.91. The van der Waals surface area contributed by atoms with Crippen LogP contribution in [0.5, 0.6) is 17.2 Å². The fourth-order valence-electron chi connectivity index (χ4n) is 6.37. The van der Waals surface area contributed by atoms with Crippen LogP contribution in [0.25, 0.3) is 0 Å². The maximum atomic E-state index is 13.1. The number of fused-ring (bicyclic) bond motifs is 2. The Morgan fingerprint density at radius 2 is 1.37 bits per heavy atom. The van der Waals surface area contributed by atoms with Crippen LogP contribution in [0.1, 0.15) is 53.7 Å². The standard InChI is InChI=1S/C40H40N2O4/c1-6-41(26-27(2)3)30-21-22-33-36(23-30)46-37-25-38(44-4)35(42(28-15-9-7-10-16-28)29-17-11-8-12-18-29)24-34(37)39(33)31-19-13-14-20-32(31)40(43)45-5/h7-25,27,39H,6,26H2,1-5H3. The van der Waals surface area contributed by atoms with Gasteiger partial charge in [-0.05, 0) is 60.9 Å². The molecule has 46 heavy (non-hydrogen) atoms. The lowest BCUT2D eigenvalue weighted by molar-refractivity contribution is 0.0599. The van der Waals surface area contributed by atoms with Gasteiger partial charge >= 0.3 is 5.97 Å². The summed E-state index contributed by atoms with van der Waals surface area (Å²) in [4.78, 5) is 17.7. The number of benzene rings is 5. The minimum absolute atomic E-state index is 0.304. The van der Waals surface area contributed by atoms with Crippen molar-refractivity contribution in [1.82, 2.24) is 0 Å². The molecule has 234 valence electrons. The van der Waals surface area contributed by atoms with Gasteiger partial charge in [0, 0.05) is 59.3 Å². The third-order valence-corrected chi connectivity index (χ3v) is 8.43. The molecule has 0 amide bonds. The Morgan fingerprint density at radius 3 is 1.98 bits per heavy atom. The van der Waals surface area contributed by atoms with Crippen LogP contribution >= 0.6 is 0 Å². The van der Waals surface area contributed by atoms with E-state index in [4.69, 9.17) is 14.2 Å². The van der Waals surface area contributed by atoms with Crippen molar-refractivity contribution in [3.8, 4) is 17.2 Å². The molecule has 1 unspecified atom stereocenters. The van der Waals surface area contributed by atoms with Crippen molar-refractivity contribution in [3.05, 3.63) is 138 Å². The van der Waals surface area contributed by atoms with E-state index in [1.807, 2.05) is 66.7 Å². The highest BCUT2D eigenvalue weighted by Crippen LogP contribution is 2.53. The van der Waals surface area contributed by atoms with Crippen molar-refractivity contribution in [2.24, 2.45) is 5.92 Å². The second kappa shape index (κ2) is 13.4. The SMILES string of the molecule is CCN(CC(C)C)c1ccc2c(c1)Oc1cc(OC)c(N(c3ccccc3)c3ccccc3)cc1C2c1ccccc1C(=O)OC. The summed E-state index contributed by atoms with van der Waals surface area (Å²) in [6.07, 6.45) is 0. The first-order valence-corrected chi connectivity index (χ1v) is 15.8. The Bertz CT molecular complexity index is 1780. The number of para-hydroxylation sites is 2. The topological polar surface area (TPSA) is 51.2 Å². The van der Waals surface area contributed by atoms with E-state index in [0.29, 0.717) is 23.0 Å². The lowest BCUT2D eigenvalue weighted by Crippen LogP contribution is -2.27. The van der Waals surface area contributed by atoms with Crippen molar-refractivity contribution in [3.63, 3.8) is 0 Å². The van der Waals surface area contributed by atoms with Crippen molar-refractivity contribution >= 4 is 28.7 Å². The van der Waals surface area contributed by atoms with Crippen molar-refractivity contribution in [2.75, 3.05) is 37.1 Å². The third-order valence-electron chi connectivity index (χ3n) is 8.43. The molecule has 0 radical (unpaired) electrons. The van der Waals surface area contributed by atoms with Gasteiger partial charge in [-0.1, -0.05) is 74.5 Å². The van der Waals surface area contributed by atoms with E-state index in [1.54, 1.807) is 7.11 Å². The van der Waals surface area contributed by atoms with Gasteiger partial charge in [0.15, 0.2) is 0 Å². The Labute approximate surface area is 271 Å². The Kier molecular flexibility index (Phi) is 8.97. The Morgan fingerprint density at radius 1 is 0.739 bits per heavy atom. The summed E-state index contributed by atoms with van der Waals surface area (Å²) < 4.78 is 18.1. The quantitative estimate of drug-likeness (QED) is 0.144. The average Bonchev–Trinajstić information content (AvgIpc) is 3.09. The molecule has 6 rings (SSSR count). The number of esters is 1. The largest absolute Gasteiger partial charge is 0.494 e. The van der Waals surface area contributed by atoms with Crippen molar-refractivity contribution < 1.29 is 19.0 Å². The highest BCUT2D eigenvalue weighted by molar-refractivity contribution is 5.92. The maximum Gasteiger partial charge on any atom is 0.338 e. The number of rotatable bonds is 10. The molecule has 0 fully saturated rings. The zero-order valence-corrected chi connectivity index (χ0v) is 27.1. The molecule has 6 nitrogen and oxygen atoms in total. The van der Waals surface area contributed by atoms with Crippen LogP contribution in [0.3, 0.4) is 0 Å². The monoisotopic (exact) mass is 612 g/mol. The molecule has 0 N–H and O–H groups in total. The maximum absolute atomic E-state index is 13.1. The van der Waals surface area contributed by atoms with Gasteiger partial charge in [-0.25, -0.2) is 4.79 Å². The molecule has 0 saturated heterocycles. The number of hydrogen-bond acceptors (Lipinski definition) is 6. The molecular formula is C40H40N2O4. The van der Waals surface area contributed by atoms with Crippen LogP contribution in [0.4, 0.5) is 22.7 Å². The van der Waals surface area contributed by atoms with Crippen molar-refractivity contribution in [1.29, 1.82) is 0 Å². The smallest absolute Gasteiger partial charge is 0.338 e. The highest BCUT2D eigenvalue weighted by atomic mass is 16.5. The summed E-state index contributed by atoms with van der Waals surface area (Å²) in [5, 5.41) is 0. The molecule has 0 spiro atoms. The highest BCUT2D eigenvalue weighted by Gasteiger charge is 2.34. The van der Waals surface area contributed by atoms with E-state index in [-0.39, 0.29) is 11.9 Å². The van der Waals surface area contributed by atoms with E-state index >= 15 is 0 Å². The van der Waals surface area contributed by atoms with E-state index in [2.05, 4.69) is 79.1 Å². The summed E-state index contributed by atoms with van der Waals surface area (Å²) in [6.45, 7) is 8.45. The number of carbonyl (C=O) groups is 1. The molecule has 1 heterocycles. The molecule has 5 aromatic carbocycles. The minimum Gasteiger partial charge on any atom is -0.494 e. The van der Waals surface area contributed by atoms with E-state index < -0.39 is 0 Å². The molecule has 1 aliphatic rings. The van der Waals surface area contributed by atoms with Gasteiger partial charge in [0.05, 0.1) is 25.5 Å². The Hall–Kier alpha value is -5.23. The number of hydrogen-bond donors (Lipinski definition) is 0. The average molecular weight is 613 g/mol. The van der Waals surface area contributed by atoms with Crippen LogP contribution in [0, 0.1) is 5.92 Å². The van der Waals surface area contributed by atoms with E-state index in [9.17, 15) is 4.79 Å². The zero-order chi connectivity index (χ0) is 32.2. The van der Waals surface area contributed by atoms with Crippen LogP contribution in [-0.2, 0) is 4.74 Å². The van der Waals surface area contributed by atoms with Gasteiger partial charge in [-0.3, -0.25) is 0 Å². The fourth-order valence-corrected chi connectivity index (χ4v) is 6.37. The fraction of sp³-hybridized carbons (Fsp3) is 0.225. The van der Waals surface area contributed by atoms with Crippen molar-refractivity contribution in [2.45, 2.75) is 26.7 Å². The second-order valence-electron chi connectivity index (χ2n) is 11.8. The summed E-state index contributed by atoms with van der Waals surface area (Å²) in [7, 11) is 3.11. The summed E-state index contributed by atoms with van der Waals surface area (Å²) >= 11 is 0. The van der Waals surface area contributed by atoms with Gasteiger partial charge in [-0.2, -0.15) is 0 Å². The van der Waals surface area contributed by atoms with Gasteiger partial charge in [0.1, 0.15) is 17.2 Å². The van der Waals surface area contributed by atoms with Crippen LogP contribution in [-0.4, -0.2) is 33.3 Å². The van der Waals surface area contributed by atoms with Gasteiger partial charge in [-0.15, -0.1) is 0 Å².